The molecule has 11 nitrogen and oxygen atoms in total. The van der Waals surface area contributed by atoms with Crippen molar-refractivity contribution in [3.05, 3.63) is 30.6 Å². The molecule has 0 radical (unpaired) electrons. The number of ether oxygens (including phenoxy) is 3. The fourth-order valence-corrected chi connectivity index (χ4v) is 6.08. The summed E-state index contributed by atoms with van der Waals surface area (Å²) in [5, 5.41) is 10.8. The van der Waals surface area contributed by atoms with Crippen LogP contribution in [0.25, 0.3) is 22.2 Å². The van der Waals surface area contributed by atoms with Gasteiger partial charge in [-0.2, -0.15) is 18.6 Å². The van der Waals surface area contributed by atoms with E-state index in [-0.39, 0.29) is 36.1 Å². The van der Waals surface area contributed by atoms with Gasteiger partial charge in [-0.05, 0) is 68.9 Å². The Kier molecular flexibility index (Phi) is 10.5. The number of aromatic nitrogens is 4. The van der Waals surface area contributed by atoms with Gasteiger partial charge in [0.05, 0.1) is 43.3 Å². The summed E-state index contributed by atoms with van der Waals surface area (Å²) in [6.45, 7) is 15.4. The third-order valence-corrected chi connectivity index (χ3v) is 13.2. The van der Waals surface area contributed by atoms with E-state index in [4.69, 9.17) is 28.3 Å². The molecule has 0 bridgehead atoms. The van der Waals surface area contributed by atoms with Crippen LogP contribution in [0.2, 0.25) is 18.1 Å². The summed E-state index contributed by atoms with van der Waals surface area (Å²) in [4.78, 5) is 0. The highest BCUT2D eigenvalue weighted by Crippen LogP contribution is 2.40. The predicted molar refractivity (Wildman–Crippen MR) is 165 cm³/mol. The Morgan fingerprint density at radius 3 is 2.62 bits per heavy atom. The number of hydrogen-bond acceptors (Lipinski definition) is 8. The summed E-state index contributed by atoms with van der Waals surface area (Å²) in [5.74, 6) is 0.549. The molecule has 0 amide bonds. The van der Waals surface area contributed by atoms with E-state index in [0.717, 1.165) is 53.8 Å². The van der Waals surface area contributed by atoms with Gasteiger partial charge in [0.25, 0.3) is 10.1 Å². The molecule has 42 heavy (non-hydrogen) atoms. The van der Waals surface area contributed by atoms with Crippen LogP contribution in [-0.4, -0.2) is 79.6 Å². The second-order valence-corrected chi connectivity index (χ2v) is 18.8. The van der Waals surface area contributed by atoms with Crippen LogP contribution >= 0.6 is 0 Å². The second-order valence-electron chi connectivity index (χ2n) is 12.5. The highest BCUT2D eigenvalue weighted by atomic mass is 32.2. The van der Waals surface area contributed by atoms with Gasteiger partial charge in [0, 0.05) is 30.4 Å². The number of nitrogens with zero attached hydrogens (tertiary/aromatic N) is 4. The molecule has 3 aromatic rings. The van der Waals surface area contributed by atoms with Crippen molar-refractivity contribution in [1.29, 1.82) is 0 Å². The number of benzene rings is 1. The Labute approximate surface area is 250 Å². The Morgan fingerprint density at radius 2 is 1.93 bits per heavy atom. The molecular weight excluding hydrogens is 576 g/mol. The molecule has 3 heterocycles. The zero-order valence-electron chi connectivity index (χ0n) is 25.7. The Morgan fingerprint density at radius 1 is 1.17 bits per heavy atom. The molecule has 0 aliphatic carbocycles. The first-order chi connectivity index (χ1) is 19.7. The Bertz CT molecular complexity index is 1430. The first kappa shape index (κ1) is 32.6. The first-order valence-corrected chi connectivity index (χ1v) is 19.2. The topological polar surface area (TPSA) is 127 Å². The van der Waals surface area contributed by atoms with E-state index in [1.54, 1.807) is 0 Å². The smallest absolute Gasteiger partial charge is 0.264 e. The maximum absolute atomic E-state index is 10.8. The number of rotatable bonds is 14. The summed E-state index contributed by atoms with van der Waals surface area (Å²) < 4.78 is 58.1. The lowest BCUT2D eigenvalue weighted by Gasteiger charge is -2.36. The van der Waals surface area contributed by atoms with E-state index in [2.05, 4.69) is 57.2 Å². The fraction of sp³-hybridized carbons (Fsp3) is 0.655. The van der Waals surface area contributed by atoms with Gasteiger partial charge < -0.3 is 18.6 Å². The van der Waals surface area contributed by atoms with Crippen LogP contribution in [0, 0.1) is 0 Å². The monoisotopic (exact) mass is 622 g/mol. The largest absolute Gasteiger partial charge is 0.543 e. The molecule has 2 unspecified atom stereocenters. The SMILES string of the molecule is CC(COCCOCCCS(=O)(=O)O)n1cc(-c2nn(C3CCCCO3)c3ccc(O[Si](C)(C)C(C)(C)C)cc23)cn1. The van der Waals surface area contributed by atoms with Gasteiger partial charge >= 0.3 is 0 Å². The summed E-state index contributed by atoms with van der Waals surface area (Å²) in [6.07, 6.45) is 7.08. The second kappa shape index (κ2) is 13.6. The van der Waals surface area contributed by atoms with Crippen LogP contribution in [0.3, 0.4) is 0 Å². The summed E-state index contributed by atoms with van der Waals surface area (Å²) in [7, 11) is -5.98. The third-order valence-electron chi connectivity index (χ3n) is 8.03. The van der Waals surface area contributed by atoms with Gasteiger partial charge in [0.15, 0.2) is 6.23 Å². The third kappa shape index (κ3) is 8.41. The van der Waals surface area contributed by atoms with E-state index in [9.17, 15) is 8.42 Å². The summed E-state index contributed by atoms with van der Waals surface area (Å²) in [6, 6.07) is 6.23. The van der Waals surface area contributed by atoms with Gasteiger partial charge in [0.1, 0.15) is 11.4 Å². The quantitative estimate of drug-likeness (QED) is 0.134. The molecule has 0 saturated carbocycles. The van der Waals surface area contributed by atoms with Gasteiger partial charge in [-0.25, -0.2) is 4.68 Å². The maximum atomic E-state index is 10.8. The lowest BCUT2D eigenvalue weighted by atomic mass is 10.1. The molecule has 1 fully saturated rings. The van der Waals surface area contributed by atoms with Crippen LogP contribution in [0.5, 0.6) is 5.75 Å². The lowest BCUT2D eigenvalue weighted by molar-refractivity contribution is -0.0365. The Balaban J connectivity index is 1.47. The van der Waals surface area contributed by atoms with Crippen LogP contribution in [0.1, 0.15) is 65.6 Å². The molecule has 4 rings (SSSR count). The van der Waals surface area contributed by atoms with Crippen molar-refractivity contribution >= 4 is 29.3 Å². The number of hydrogen-bond donors (Lipinski definition) is 1. The molecule has 234 valence electrons. The maximum Gasteiger partial charge on any atom is 0.264 e. The Hall–Kier alpha value is -2.29. The van der Waals surface area contributed by atoms with Crippen molar-refractivity contribution in [3.63, 3.8) is 0 Å². The molecule has 1 N–H and O–H groups in total. The lowest BCUT2D eigenvalue weighted by Crippen LogP contribution is -2.43. The zero-order chi connectivity index (χ0) is 30.5. The van der Waals surface area contributed by atoms with Crippen molar-refractivity contribution in [2.45, 2.75) is 83.8 Å². The normalized spacial score (nSPS) is 17.5. The predicted octanol–water partition coefficient (Wildman–Crippen LogP) is 5.86. The molecule has 1 aliphatic heterocycles. The fourth-order valence-electron chi connectivity index (χ4n) is 4.58. The van der Waals surface area contributed by atoms with Crippen LogP contribution in [0.4, 0.5) is 0 Å². The average molecular weight is 623 g/mol. The van der Waals surface area contributed by atoms with Crippen molar-refractivity contribution < 1.29 is 31.6 Å². The van der Waals surface area contributed by atoms with Gasteiger partial charge in [-0.1, -0.05) is 20.8 Å². The van der Waals surface area contributed by atoms with E-state index >= 15 is 0 Å². The standard InChI is InChI=1S/C29H46N4O7SSi/c1-22(21-38-16-15-37-13-9-17-41(34,35)36)32-20-23(19-30-32)28-25-18-24(40-42(5,6)29(2,3)4)11-12-26(25)33(31-28)27-10-7-8-14-39-27/h11-12,18-20,22,27H,7-10,13-17,21H2,1-6H3,(H,34,35,36). The van der Waals surface area contributed by atoms with Crippen molar-refractivity contribution in [2.75, 3.05) is 38.8 Å². The van der Waals surface area contributed by atoms with Gasteiger partial charge in [0.2, 0.25) is 8.32 Å². The summed E-state index contributed by atoms with van der Waals surface area (Å²) >= 11 is 0. The molecule has 1 aliphatic rings. The van der Waals surface area contributed by atoms with Crippen molar-refractivity contribution in [2.24, 2.45) is 0 Å². The van der Waals surface area contributed by atoms with E-state index in [1.165, 1.54) is 0 Å². The van der Waals surface area contributed by atoms with Gasteiger partial charge in [-0.15, -0.1) is 0 Å². The van der Waals surface area contributed by atoms with Crippen LogP contribution < -0.4 is 4.43 Å². The molecule has 2 aromatic heterocycles. The van der Waals surface area contributed by atoms with Crippen LogP contribution in [0.15, 0.2) is 30.6 Å². The molecule has 13 heteroatoms. The highest BCUT2D eigenvalue weighted by Gasteiger charge is 2.39. The van der Waals surface area contributed by atoms with E-state index < -0.39 is 18.4 Å². The van der Waals surface area contributed by atoms with E-state index in [1.807, 2.05) is 28.7 Å². The minimum absolute atomic E-state index is 0.0224. The minimum Gasteiger partial charge on any atom is -0.543 e. The van der Waals surface area contributed by atoms with Crippen molar-refractivity contribution in [3.8, 4) is 17.0 Å². The van der Waals surface area contributed by atoms with Gasteiger partial charge in [-0.3, -0.25) is 9.23 Å². The molecule has 1 aromatic carbocycles. The summed E-state index contributed by atoms with van der Waals surface area (Å²) in [5.41, 5.74) is 2.77. The minimum atomic E-state index is -3.95. The molecular formula is C29H46N4O7SSi. The molecule has 2 atom stereocenters. The van der Waals surface area contributed by atoms with Crippen molar-refractivity contribution in [1.82, 2.24) is 19.6 Å². The first-order valence-electron chi connectivity index (χ1n) is 14.7. The average Bonchev–Trinajstić information content (AvgIpc) is 3.54. The number of fused-ring (bicyclic) bond motifs is 1. The molecule has 1 saturated heterocycles. The molecule has 0 spiro atoms. The van der Waals surface area contributed by atoms with Crippen LogP contribution in [-0.2, 0) is 24.3 Å². The van der Waals surface area contributed by atoms with E-state index in [0.29, 0.717) is 19.8 Å². The highest BCUT2D eigenvalue weighted by molar-refractivity contribution is 7.85. The zero-order valence-corrected chi connectivity index (χ0v) is 27.5.